The first kappa shape index (κ1) is 37.5. The molecule has 1 fully saturated rings. The van der Waals surface area contributed by atoms with E-state index in [1.807, 2.05) is 72.8 Å². The summed E-state index contributed by atoms with van der Waals surface area (Å²) in [5.74, 6) is -1.38. The Labute approximate surface area is 313 Å². The summed E-state index contributed by atoms with van der Waals surface area (Å²) in [6, 6.07) is 23.4. The predicted molar refractivity (Wildman–Crippen MR) is 201 cm³/mol. The van der Waals surface area contributed by atoms with E-state index in [4.69, 9.17) is 9.47 Å². The number of hydrogen-bond acceptors (Lipinski definition) is 8. The first-order valence-electron chi connectivity index (χ1n) is 17.8. The Bertz CT molecular complexity index is 1950. The zero-order chi connectivity index (χ0) is 37.5. The Kier molecular flexibility index (Phi) is 12.1. The second-order valence-electron chi connectivity index (χ2n) is 13.6. The number of nitrogens with one attached hydrogen (secondary N) is 2. The average molecular weight is 740 g/mol. The van der Waals surface area contributed by atoms with Crippen LogP contribution in [-0.4, -0.2) is 102 Å². The highest BCUT2D eigenvalue weighted by atomic mass is 32.1. The third-order valence-electron chi connectivity index (χ3n) is 9.85. The maximum atomic E-state index is 13.9. The minimum absolute atomic E-state index is 0.0513. The summed E-state index contributed by atoms with van der Waals surface area (Å²) in [5, 5.41) is 9.86. The lowest BCUT2D eigenvalue weighted by molar-refractivity contribution is -0.140. The van der Waals surface area contributed by atoms with Crippen LogP contribution in [0.4, 0.5) is 0 Å². The van der Waals surface area contributed by atoms with Crippen LogP contribution >= 0.6 is 11.3 Å². The number of rotatable bonds is 8. The minimum Gasteiger partial charge on any atom is -0.490 e. The molecule has 0 bridgehead atoms. The van der Waals surface area contributed by atoms with Crippen LogP contribution in [0.5, 0.6) is 5.75 Å². The van der Waals surface area contributed by atoms with E-state index >= 15 is 0 Å². The average Bonchev–Trinajstić information content (AvgIpc) is 3.81. The van der Waals surface area contributed by atoms with E-state index in [2.05, 4.69) is 10.6 Å². The molecule has 6 rings (SSSR count). The zero-order valence-corrected chi connectivity index (χ0v) is 31.0. The number of likely N-dealkylation sites (N-methyl/N-ethyl adjacent to an activating group) is 2. The van der Waals surface area contributed by atoms with Gasteiger partial charge in [0.25, 0.3) is 5.91 Å². The van der Waals surface area contributed by atoms with Gasteiger partial charge in [-0.05, 0) is 59.2 Å². The monoisotopic (exact) mass is 739 g/mol. The van der Waals surface area contributed by atoms with Crippen molar-refractivity contribution in [2.24, 2.45) is 0 Å². The molecule has 13 heteroatoms. The number of ether oxygens (including phenoxy) is 2. The van der Waals surface area contributed by atoms with Gasteiger partial charge in [-0.2, -0.15) is 0 Å². The maximum Gasteiger partial charge on any atom is 0.268 e. The molecule has 1 saturated heterocycles. The van der Waals surface area contributed by atoms with E-state index in [0.717, 1.165) is 21.9 Å². The van der Waals surface area contributed by atoms with Crippen molar-refractivity contribution in [1.82, 2.24) is 25.3 Å². The number of amides is 5. The lowest BCUT2D eigenvalue weighted by atomic mass is 10.1. The van der Waals surface area contributed by atoms with Crippen molar-refractivity contribution in [3.05, 3.63) is 100 Å². The van der Waals surface area contributed by atoms with Crippen LogP contribution < -0.4 is 15.4 Å². The fourth-order valence-corrected chi connectivity index (χ4v) is 7.53. The van der Waals surface area contributed by atoms with Crippen LogP contribution in [0.1, 0.15) is 47.0 Å². The SMILES string of the molecule is C[C@@H](OCc1ccccc1)C(=O)N[C@@H]1C[C@H]2COc3ccsc3C(=O)N(C)[C@H](C(=O)NCc3ccc4ccccc4c3)CCC(=O)N(C)CC(=O)N2C1. The molecule has 3 aromatic carbocycles. The molecule has 4 aromatic rings. The Morgan fingerprint density at radius 1 is 0.943 bits per heavy atom. The summed E-state index contributed by atoms with van der Waals surface area (Å²) in [6.45, 7) is 2.32. The standard InChI is InChI=1S/C40H45N5O7S/c1-26(51-24-27-9-5-4-6-10-27)38(48)42-31-20-32-25-52-34-17-18-53-37(34)40(50)44(3)33(15-16-35(46)43(2)23-36(47)45(32)22-31)39(49)41-21-28-13-14-29-11-7-8-12-30(29)19-28/h4-14,17-19,26,31-33H,15-16,20-25H2,1-3H3,(H,41,49)(H,42,48)/t26-,31-,32+,33+/m1/s1. The summed E-state index contributed by atoms with van der Waals surface area (Å²) < 4.78 is 12.0. The van der Waals surface area contributed by atoms with E-state index in [1.54, 1.807) is 37.4 Å². The third-order valence-corrected chi connectivity index (χ3v) is 10.7. The predicted octanol–water partition coefficient (Wildman–Crippen LogP) is 3.98. The normalized spacial score (nSPS) is 20.5. The van der Waals surface area contributed by atoms with Gasteiger partial charge in [-0.1, -0.05) is 66.7 Å². The van der Waals surface area contributed by atoms with Gasteiger partial charge in [-0.3, -0.25) is 24.0 Å². The van der Waals surface area contributed by atoms with Crippen LogP contribution in [0.2, 0.25) is 0 Å². The molecule has 0 saturated carbocycles. The number of hydrogen-bond donors (Lipinski definition) is 2. The van der Waals surface area contributed by atoms with Crippen molar-refractivity contribution >= 4 is 51.6 Å². The highest BCUT2D eigenvalue weighted by molar-refractivity contribution is 7.12. The van der Waals surface area contributed by atoms with Gasteiger partial charge in [0.1, 0.15) is 29.4 Å². The van der Waals surface area contributed by atoms with Crippen LogP contribution in [0.3, 0.4) is 0 Å². The molecular formula is C40H45N5O7S. The highest BCUT2D eigenvalue weighted by Crippen LogP contribution is 2.29. The fraction of sp³-hybridized carbons (Fsp3) is 0.375. The lowest BCUT2D eigenvalue weighted by Crippen LogP contribution is -2.48. The Morgan fingerprint density at radius 3 is 2.49 bits per heavy atom. The van der Waals surface area contributed by atoms with Crippen LogP contribution in [0.15, 0.2) is 84.2 Å². The number of fused-ring (bicyclic) bond motifs is 3. The van der Waals surface area contributed by atoms with E-state index in [9.17, 15) is 24.0 Å². The first-order valence-corrected chi connectivity index (χ1v) is 18.7. The summed E-state index contributed by atoms with van der Waals surface area (Å²) in [7, 11) is 3.10. The van der Waals surface area contributed by atoms with Crippen LogP contribution in [-0.2, 0) is 37.1 Å². The van der Waals surface area contributed by atoms with E-state index < -0.39 is 30.0 Å². The molecule has 0 spiro atoms. The molecule has 53 heavy (non-hydrogen) atoms. The number of nitrogens with zero attached hydrogens (tertiary/aromatic N) is 3. The largest absolute Gasteiger partial charge is 0.490 e. The van der Waals surface area contributed by atoms with Crippen molar-refractivity contribution < 1.29 is 33.4 Å². The van der Waals surface area contributed by atoms with Gasteiger partial charge in [-0.25, -0.2) is 0 Å². The maximum absolute atomic E-state index is 13.9. The van der Waals surface area contributed by atoms with Gasteiger partial charge in [0.05, 0.1) is 19.2 Å². The van der Waals surface area contributed by atoms with Gasteiger partial charge in [0, 0.05) is 39.6 Å². The summed E-state index contributed by atoms with van der Waals surface area (Å²) in [5.41, 5.74) is 1.85. The molecule has 2 aliphatic heterocycles. The molecule has 3 heterocycles. The van der Waals surface area contributed by atoms with Crippen molar-refractivity contribution in [2.45, 2.75) is 63.6 Å². The highest BCUT2D eigenvalue weighted by Gasteiger charge is 2.38. The van der Waals surface area contributed by atoms with E-state index in [-0.39, 0.29) is 69.5 Å². The van der Waals surface area contributed by atoms with Crippen LogP contribution in [0, 0.1) is 0 Å². The van der Waals surface area contributed by atoms with Crippen LogP contribution in [0.25, 0.3) is 10.8 Å². The Morgan fingerprint density at radius 2 is 1.70 bits per heavy atom. The zero-order valence-electron chi connectivity index (χ0n) is 30.2. The topological polar surface area (TPSA) is 138 Å². The van der Waals surface area contributed by atoms with Crippen molar-refractivity contribution in [1.29, 1.82) is 0 Å². The Hall–Kier alpha value is -5.27. The number of thiophene rings is 1. The number of carbonyl (C=O) groups excluding carboxylic acids is 5. The molecule has 0 unspecified atom stereocenters. The molecule has 278 valence electrons. The van der Waals surface area contributed by atoms with Gasteiger partial charge >= 0.3 is 0 Å². The van der Waals surface area contributed by atoms with Gasteiger partial charge in [0.15, 0.2) is 0 Å². The summed E-state index contributed by atoms with van der Waals surface area (Å²) >= 11 is 1.19. The minimum atomic E-state index is -0.956. The molecule has 1 aromatic heterocycles. The molecule has 2 aliphatic rings. The van der Waals surface area contributed by atoms with Crippen molar-refractivity contribution in [3.8, 4) is 5.75 Å². The molecular weight excluding hydrogens is 695 g/mol. The molecule has 5 amide bonds. The molecule has 12 nitrogen and oxygen atoms in total. The fourth-order valence-electron chi connectivity index (χ4n) is 6.72. The summed E-state index contributed by atoms with van der Waals surface area (Å²) in [6.07, 6.45) is -0.320. The number of benzene rings is 3. The Balaban J connectivity index is 1.14. The second kappa shape index (κ2) is 17.0. The van der Waals surface area contributed by atoms with Crippen molar-refractivity contribution in [2.75, 3.05) is 33.8 Å². The molecule has 4 atom stereocenters. The quantitative estimate of drug-likeness (QED) is 0.279. The van der Waals surface area contributed by atoms with Gasteiger partial charge in [-0.15, -0.1) is 11.3 Å². The van der Waals surface area contributed by atoms with Crippen molar-refractivity contribution in [3.63, 3.8) is 0 Å². The lowest BCUT2D eigenvalue weighted by Gasteiger charge is -2.28. The third kappa shape index (κ3) is 9.21. The molecule has 0 radical (unpaired) electrons. The summed E-state index contributed by atoms with van der Waals surface area (Å²) in [4.78, 5) is 72.5. The van der Waals surface area contributed by atoms with Gasteiger partial charge in [0.2, 0.25) is 23.6 Å². The first-order chi connectivity index (χ1) is 25.6. The second-order valence-corrected chi connectivity index (χ2v) is 14.5. The van der Waals surface area contributed by atoms with E-state index in [0.29, 0.717) is 17.0 Å². The number of carbonyl (C=O) groups is 5. The molecule has 2 N–H and O–H groups in total. The smallest absolute Gasteiger partial charge is 0.268 e. The van der Waals surface area contributed by atoms with E-state index in [1.165, 1.54) is 21.1 Å². The van der Waals surface area contributed by atoms with Gasteiger partial charge < -0.3 is 34.8 Å². The molecule has 0 aliphatic carbocycles.